The van der Waals surface area contributed by atoms with Gasteiger partial charge in [0.1, 0.15) is 0 Å². The van der Waals surface area contributed by atoms with Crippen LogP contribution in [0.15, 0.2) is 41.7 Å². The first kappa shape index (κ1) is 18.1. The lowest BCUT2D eigenvalue weighted by atomic mass is 10.1. The quantitative estimate of drug-likeness (QED) is 0.744. The van der Waals surface area contributed by atoms with Gasteiger partial charge < -0.3 is 14.2 Å². The van der Waals surface area contributed by atoms with Gasteiger partial charge in [0.05, 0.1) is 18.3 Å². The second-order valence-electron chi connectivity index (χ2n) is 5.47. The van der Waals surface area contributed by atoms with Gasteiger partial charge in [-0.1, -0.05) is 30.3 Å². The molecule has 0 bridgehead atoms. The smallest absolute Gasteiger partial charge is 0.357 e. The summed E-state index contributed by atoms with van der Waals surface area (Å²) in [7, 11) is -3.40. The highest BCUT2D eigenvalue weighted by Crippen LogP contribution is 2.58. The van der Waals surface area contributed by atoms with Gasteiger partial charge in [0.25, 0.3) is 0 Å². The van der Waals surface area contributed by atoms with E-state index < -0.39 is 13.7 Å². The highest BCUT2D eigenvalue weighted by molar-refractivity contribution is 7.58. The van der Waals surface area contributed by atoms with Crippen LogP contribution >= 0.6 is 7.60 Å². The summed E-state index contributed by atoms with van der Waals surface area (Å²) < 4.78 is 23.9. The van der Waals surface area contributed by atoms with Gasteiger partial charge in [0, 0.05) is 5.31 Å². The summed E-state index contributed by atoms with van der Waals surface area (Å²) in [5.74, 6) is 0. The molecule has 118 valence electrons. The summed E-state index contributed by atoms with van der Waals surface area (Å²) in [6.07, 6.45) is 0.227. The molecule has 0 heterocycles. The molecule has 0 aliphatic rings. The Morgan fingerprint density at radius 2 is 1.57 bits per heavy atom. The molecule has 0 aromatic heterocycles. The molecule has 1 atom stereocenters. The van der Waals surface area contributed by atoms with Crippen molar-refractivity contribution >= 4 is 7.60 Å². The van der Waals surface area contributed by atoms with Crippen molar-refractivity contribution in [2.45, 2.75) is 52.9 Å². The number of allylic oxidation sites excluding steroid dienone is 1. The van der Waals surface area contributed by atoms with E-state index in [2.05, 4.69) is 0 Å². The van der Waals surface area contributed by atoms with Gasteiger partial charge in [-0.2, -0.15) is 0 Å². The minimum absolute atomic E-state index is 0.230. The molecule has 0 fully saturated rings. The maximum Gasteiger partial charge on any atom is 0.357 e. The average molecular weight is 312 g/mol. The summed E-state index contributed by atoms with van der Waals surface area (Å²) in [6.45, 7) is 8.88. The normalized spacial score (nSPS) is 14.8. The van der Waals surface area contributed by atoms with Crippen molar-refractivity contribution < 1.29 is 18.7 Å². The minimum atomic E-state index is -3.40. The van der Waals surface area contributed by atoms with Crippen LogP contribution in [-0.2, 0) is 13.6 Å². The highest BCUT2D eigenvalue weighted by atomic mass is 31.2. The van der Waals surface area contributed by atoms with Gasteiger partial charge in [-0.25, -0.2) is 0 Å². The van der Waals surface area contributed by atoms with Crippen LogP contribution < -0.4 is 0 Å². The Hall–Kier alpha value is -0.930. The Morgan fingerprint density at radius 1 is 1.10 bits per heavy atom. The zero-order valence-electron chi connectivity index (χ0n) is 13.3. The lowest BCUT2D eigenvalue weighted by molar-refractivity contribution is 0.146. The molecule has 0 saturated heterocycles. The third-order valence-electron chi connectivity index (χ3n) is 2.67. The molecule has 0 spiro atoms. The second kappa shape index (κ2) is 7.90. The van der Waals surface area contributed by atoms with Gasteiger partial charge >= 0.3 is 7.60 Å². The molecule has 21 heavy (non-hydrogen) atoms. The van der Waals surface area contributed by atoms with Crippen molar-refractivity contribution in [3.63, 3.8) is 0 Å². The van der Waals surface area contributed by atoms with Crippen LogP contribution in [0, 0.1) is 0 Å². The fraction of sp³-hybridized carbons (Fsp3) is 0.500. The number of aliphatic hydroxyl groups excluding tert-OH is 1. The minimum Gasteiger partial charge on any atom is -0.384 e. The van der Waals surface area contributed by atoms with Gasteiger partial charge in [-0.05, 0) is 46.3 Å². The largest absolute Gasteiger partial charge is 0.384 e. The van der Waals surface area contributed by atoms with Crippen molar-refractivity contribution in [3.8, 4) is 0 Å². The molecule has 0 saturated carbocycles. The Morgan fingerprint density at radius 3 is 2.00 bits per heavy atom. The first-order valence-corrected chi connectivity index (χ1v) is 8.67. The maximum atomic E-state index is 12.9. The molecule has 1 aromatic rings. The predicted octanol–water partition coefficient (Wildman–Crippen LogP) is 4.67. The van der Waals surface area contributed by atoms with Crippen molar-refractivity contribution in [3.05, 3.63) is 47.3 Å². The fourth-order valence-electron chi connectivity index (χ4n) is 1.81. The van der Waals surface area contributed by atoms with Crippen LogP contribution in [0.1, 0.15) is 46.3 Å². The monoisotopic (exact) mass is 312 g/mol. The topological polar surface area (TPSA) is 55.8 Å². The summed E-state index contributed by atoms with van der Waals surface area (Å²) >= 11 is 0. The Balaban J connectivity index is 3.01. The van der Waals surface area contributed by atoms with E-state index in [0.717, 1.165) is 5.56 Å². The first-order chi connectivity index (χ1) is 9.74. The van der Waals surface area contributed by atoms with Crippen molar-refractivity contribution in [2.24, 2.45) is 0 Å². The lowest BCUT2D eigenvalue weighted by Crippen LogP contribution is -2.09. The van der Waals surface area contributed by atoms with Crippen LogP contribution in [0.4, 0.5) is 0 Å². The average Bonchev–Trinajstić information content (AvgIpc) is 2.37. The van der Waals surface area contributed by atoms with Gasteiger partial charge in [-0.3, -0.25) is 4.57 Å². The molecular weight excluding hydrogens is 287 g/mol. The number of benzene rings is 1. The molecule has 0 aliphatic heterocycles. The number of rotatable bonds is 7. The van der Waals surface area contributed by atoms with Crippen LogP contribution in [0.2, 0.25) is 0 Å². The highest BCUT2D eigenvalue weighted by Gasteiger charge is 2.30. The number of hydrogen-bond donors (Lipinski definition) is 1. The Bertz CT molecular complexity index is 494. The molecule has 0 aliphatic carbocycles. The molecule has 4 nitrogen and oxygen atoms in total. The second-order valence-corrected chi connectivity index (χ2v) is 7.59. The van der Waals surface area contributed by atoms with E-state index in [1.54, 1.807) is 34.6 Å². The van der Waals surface area contributed by atoms with E-state index in [1.165, 1.54) is 6.08 Å². The van der Waals surface area contributed by atoms with Gasteiger partial charge in [0.15, 0.2) is 0 Å². The van der Waals surface area contributed by atoms with E-state index in [9.17, 15) is 9.67 Å². The molecule has 1 unspecified atom stereocenters. The van der Waals surface area contributed by atoms with Gasteiger partial charge in [-0.15, -0.1) is 0 Å². The molecule has 1 N–H and O–H groups in total. The first-order valence-electron chi connectivity index (χ1n) is 7.13. The maximum absolute atomic E-state index is 12.9. The standard InChI is InChI=1S/C16H25O4P/c1-12(2)19-21(18,20-13(3)4)14(5)11-16(17)15-9-7-6-8-10-15/h6-13,16-17H,1-5H3/b14-11+. The third kappa shape index (κ3) is 5.76. The van der Waals surface area contributed by atoms with Crippen LogP contribution in [0.5, 0.6) is 0 Å². The van der Waals surface area contributed by atoms with E-state index in [0.29, 0.717) is 5.31 Å². The Labute approximate surface area is 127 Å². The summed E-state index contributed by atoms with van der Waals surface area (Å²) in [5, 5.41) is 10.6. The molecule has 1 rings (SSSR count). The lowest BCUT2D eigenvalue weighted by Gasteiger charge is -2.24. The van der Waals surface area contributed by atoms with E-state index in [1.807, 2.05) is 30.3 Å². The Kier molecular flexibility index (Phi) is 6.82. The van der Waals surface area contributed by atoms with Crippen molar-refractivity contribution in [2.75, 3.05) is 0 Å². The third-order valence-corrected chi connectivity index (χ3v) is 5.08. The predicted molar refractivity (Wildman–Crippen MR) is 85.2 cm³/mol. The molecule has 0 radical (unpaired) electrons. The zero-order valence-corrected chi connectivity index (χ0v) is 14.2. The van der Waals surface area contributed by atoms with Crippen molar-refractivity contribution in [1.82, 2.24) is 0 Å². The van der Waals surface area contributed by atoms with Gasteiger partial charge in [0.2, 0.25) is 0 Å². The molecule has 0 amide bonds. The number of hydrogen-bond acceptors (Lipinski definition) is 4. The van der Waals surface area contributed by atoms with Crippen LogP contribution in [0.3, 0.4) is 0 Å². The van der Waals surface area contributed by atoms with Crippen LogP contribution in [0.25, 0.3) is 0 Å². The number of aliphatic hydroxyl groups is 1. The van der Waals surface area contributed by atoms with E-state index in [-0.39, 0.29) is 12.2 Å². The molecular formula is C16H25O4P. The summed E-state index contributed by atoms with van der Waals surface area (Å²) in [6, 6.07) is 9.19. The molecule has 5 heteroatoms. The summed E-state index contributed by atoms with van der Waals surface area (Å²) in [5.41, 5.74) is 0.734. The van der Waals surface area contributed by atoms with E-state index in [4.69, 9.17) is 9.05 Å². The summed E-state index contributed by atoms with van der Waals surface area (Å²) in [4.78, 5) is 0. The molecule has 1 aromatic carbocycles. The van der Waals surface area contributed by atoms with Crippen molar-refractivity contribution in [1.29, 1.82) is 0 Å². The zero-order chi connectivity index (χ0) is 16.0. The van der Waals surface area contributed by atoms with E-state index >= 15 is 0 Å². The van der Waals surface area contributed by atoms with Crippen LogP contribution in [-0.4, -0.2) is 17.3 Å². The fourth-order valence-corrected chi connectivity index (χ4v) is 3.63. The SMILES string of the molecule is C/C(=C\C(O)c1ccccc1)P(=O)(OC(C)C)OC(C)C.